The molecule has 0 atom stereocenters. The molecule has 5 N–H and O–H groups in total. The third-order valence-electron chi connectivity index (χ3n) is 5.08. The third kappa shape index (κ3) is 10.4. The largest absolute Gasteiger partial charge is 3.00 e. The van der Waals surface area contributed by atoms with E-state index in [0.717, 1.165) is 32.8 Å². The van der Waals surface area contributed by atoms with Gasteiger partial charge in [0.25, 0.3) is 0 Å². The maximum absolute atomic E-state index is 8.93. The van der Waals surface area contributed by atoms with E-state index in [2.05, 4.69) is 68.5 Å². The topological polar surface area (TPSA) is 276 Å². The van der Waals surface area contributed by atoms with Gasteiger partial charge in [0.05, 0.1) is 34.9 Å². The maximum Gasteiger partial charge on any atom is 3.00 e. The summed E-state index contributed by atoms with van der Waals surface area (Å²) in [4.78, 5) is 52.0. The van der Waals surface area contributed by atoms with Crippen molar-refractivity contribution in [3.05, 3.63) is 97.6 Å². The number of aromatic amines is 1. The van der Waals surface area contributed by atoms with Crippen LogP contribution in [0.1, 0.15) is 0 Å². The number of carbonyl (C=O) groups is 4. The van der Waals surface area contributed by atoms with Crippen LogP contribution in [-0.2, 0) is 36.5 Å². The molecule has 0 bridgehead atoms. The molecule has 14 nitrogen and oxygen atoms in total. The molecule has 0 unspecified atom stereocenters. The molecule has 6 aromatic rings. The van der Waals surface area contributed by atoms with Crippen molar-refractivity contribution in [2.75, 3.05) is 0 Å². The summed E-state index contributed by atoms with van der Waals surface area (Å²) in [5, 5.41) is 40.3. The second-order valence-corrected chi connectivity index (χ2v) is 7.64. The molecule has 2 aromatic carbocycles. The number of carboxylic acid groups (broad SMARTS) is 4. The van der Waals surface area contributed by atoms with Crippen LogP contribution in [-0.4, -0.2) is 49.8 Å². The first-order valence-electron chi connectivity index (χ1n) is 11.3. The van der Waals surface area contributed by atoms with Gasteiger partial charge in [-0.05, 0) is 30.3 Å². The van der Waals surface area contributed by atoms with E-state index in [9.17, 15) is 0 Å². The third-order valence-corrected chi connectivity index (χ3v) is 5.08. The summed E-state index contributed by atoms with van der Waals surface area (Å²) in [6.07, 6.45) is 7.35. The van der Waals surface area contributed by atoms with Crippen LogP contribution in [0.2, 0.25) is 0 Å². The summed E-state index contributed by atoms with van der Waals surface area (Å²) < 4.78 is 0. The molecule has 6 rings (SSSR count). The van der Waals surface area contributed by atoms with Crippen molar-refractivity contribution in [1.29, 1.82) is 0 Å². The van der Waals surface area contributed by atoms with Gasteiger partial charge in [0.15, 0.2) is 6.20 Å². The molecule has 0 amide bonds. The summed E-state index contributed by atoms with van der Waals surface area (Å²) in [5.74, 6) is -8.74. The zero-order valence-corrected chi connectivity index (χ0v) is 23.0. The number of hydrogen-bond donors (Lipinski definition) is 0. The molecule has 43 heavy (non-hydrogen) atoms. The number of aromatic nitrogens is 4. The summed E-state index contributed by atoms with van der Waals surface area (Å²) in [5.41, 5.74) is 4.09. The molecule has 4 heterocycles. The Balaban J connectivity index is 0.000000577. The van der Waals surface area contributed by atoms with Crippen LogP contribution in [0, 0.1) is 0 Å². The van der Waals surface area contributed by atoms with Crippen molar-refractivity contribution in [3.8, 4) is 0 Å². The van der Waals surface area contributed by atoms with Gasteiger partial charge in [-0.25, -0.2) is 9.97 Å². The van der Waals surface area contributed by atoms with Gasteiger partial charge in [-0.2, -0.15) is 0 Å². The molecule has 0 aliphatic heterocycles. The van der Waals surface area contributed by atoms with Crippen LogP contribution < -0.4 is 25.4 Å². The van der Waals surface area contributed by atoms with E-state index in [1.807, 2.05) is 36.7 Å². The van der Waals surface area contributed by atoms with Crippen molar-refractivity contribution in [1.82, 2.24) is 15.0 Å². The van der Waals surface area contributed by atoms with E-state index in [4.69, 9.17) is 39.6 Å². The number of carbonyl (C=O) groups excluding carboxylic acids is 4. The Bertz CT molecular complexity index is 1580. The van der Waals surface area contributed by atoms with Gasteiger partial charge in [0.2, 0.25) is 5.52 Å². The zero-order chi connectivity index (χ0) is 29.1. The Morgan fingerprint density at radius 3 is 1.21 bits per heavy atom. The number of fused-ring (bicyclic) bond motifs is 6. The van der Waals surface area contributed by atoms with Gasteiger partial charge < -0.3 is 50.6 Å². The van der Waals surface area contributed by atoms with Crippen LogP contribution >= 0.6 is 0 Å². The normalized spacial score (nSPS) is 9.12. The summed E-state index contributed by atoms with van der Waals surface area (Å²) >= 11 is 0. The second-order valence-electron chi connectivity index (χ2n) is 7.64. The average Bonchev–Trinajstić information content (AvgIpc) is 2.98. The van der Waals surface area contributed by atoms with Gasteiger partial charge >= 0.3 is 17.4 Å². The quantitative estimate of drug-likeness (QED) is 0.117. The number of hydrogen-bond acceptors (Lipinski definition) is 11. The molecule has 1 radical (unpaired) electrons. The average molecular weight is 625 g/mol. The van der Waals surface area contributed by atoms with Gasteiger partial charge in [0.1, 0.15) is 5.52 Å². The summed E-state index contributed by atoms with van der Waals surface area (Å²) in [6.45, 7) is 0. The summed E-state index contributed by atoms with van der Waals surface area (Å²) in [6, 6.07) is 24.4. The van der Waals surface area contributed by atoms with Crippen LogP contribution in [0.3, 0.4) is 0 Å². The van der Waals surface area contributed by atoms with E-state index >= 15 is 0 Å². The number of benzene rings is 2. The monoisotopic (exact) mass is 625 g/mol. The van der Waals surface area contributed by atoms with Crippen molar-refractivity contribution in [3.63, 3.8) is 0 Å². The van der Waals surface area contributed by atoms with E-state index in [1.54, 1.807) is 12.4 Å². The first-order chi connectivity index (χ1) is 19.2. The molecule has 0 aliphatic rings. The molecule has 0 spiro atoms. The van der Waals surface area contributed by atoms with Crippen molar-refractivity contribution >= 4 is 67.5 Å². The van der Waals surface area contributed by atoms with Crippen LogP contribution in [0.5, 0.6) is 0 Å². The Kier molecular flexibility index (Phi) is 15.6. The summed E-state index contributed by atoms with van der Waals surface area (Å²) in [7, 11) is 0. The molecule has 0 saturated carbocycles. The minimum Gasteiger partial charge on any atom is -0.543 e. The number of rotatable bonds is 0. The van der Waals surface area contributed by atoms with Crippen LogP contribution in [0.15, 0.2) is 97.6 Å². The minimum atomic E-state index is -2.19. The van der Waals surface area contributed by atoms with Gasteiger partial charge in [-0.3, -0.25) is 9.97 Å². The zero-order valence-electron chi connectivity index (χ0n) is 21.8. The molecular formula is C28H21CrN4O10. The van der Waals surface area contributed by atoms with Crippen LogP contribution in [0.4, 0.5) is 0 Å². The Hall–Kier alpha value is -5.59. The Labute approximate surface area is 252 Å². The number of pyridine rings is 4. The number of carboxylic acids is 4. The van der Waals surface area contributed by atoms with Gasteiger partial charge in [-0.15, -0.1) is 0 Å². The van der Waals surface area contributed by atoms with Crippen LogP contribution in [0.25, 0.3) is 43.6 Å². The number of nitrogens with one attached hydrogen (secondary N) is 1. The van der Waals surface area contributed by atoms with Crippen molar-refractivity contribution < 1.29 is 72.9 Å². The van der Waals surface area contributed by atoms with Crippen molar-refractivity contribution in [2.24, 2.45) is 0 Å². The molecular weight excluding hydrogens is 604 g/mol. The Morgan fingerprint density at radius 2 is 0.814 bits per heavy atom. The fourth-order valence-electron chi connectivity index (χ4n) is 3.41. The predicted molar refractivity (Wildman–Crippen MR) is 140 cm³/mol. The number of H-pyrrole nitrogens is 1. The maximum atomic E-state index is 8.93. The molecule has 15 heteroatoms. The minimum absolute atomic E-state index is 0. The molecule has 0 saturated heterocycles. The fourth-order valence-corrected chi connectivity index (χ4v) is 3.41. The predicted octanol–water partition coefficient (Wildman–Crippen LogP) is -3.69. The fraction of sp³-hybridized carbons (Fsp3) is 0. The number of aliphatic carboxylic acids is 4. The first-order valence-corrected chi connectivity index (χ1v) is 11.3. The number of nitrogens with zero attached hydrogens (tertiary/aromatic N) is 3. The molecule has 4 aromatic heterocycles. The Morgan fingerprint density at radius 1 is 0.488 bits per heavy atom. The smallest absolute Gasteiger partial charge is 0.543 e. The molecule has 219 valence electrons. The molecule has 0 aliphatic carbocycles. The van der Waals surface area contributed by atoms with E-state index in [-0.39, 0.29) is 28.3 Å². The van der Waals surface area contributed by atoms with Crippen molar-refractivity contribution in [2.45, 2.75) is 0 Å². The SMILES string of the molecule is O.O.O=C([O-])C(=O)[O-].O=C([O-])C(=O)[O-].[Cr+3].c1cnc2c(c1)ccc1ccc[nH+]c12.c1cnc2c(c1)ccc1cccnc12. The van der Waals surface area contributed by atoms with E-state index < -0.39 is 23.9 Å². The van der Waals surface area contributed by atoms with Gasteiger partial charge in [-0.1, -0.05) is 36.4 Å². The van der Waals surface area contributed by atoms with Gasteiger partial charge in [0, 0.05) is 46.2 Å². The standard InChI is InChI=1S/2C12H8N2.2C2H2O4.Cr.2H2O/c2*1-3-9-5-6-10-4-2-8-14-12(10)11(9)13-7-1;2*3-1(4)2(5)6;;;/h2*1-8H;2*(H,3,4)(H,5,6);;2*1H2/q;;;;+3;;/p-3. The second kappa shape index (κ2) is 18.0. The van der Waals surface area contributed by atoms with E-state index in [0.29, 0.717) is 0 Å². The molecule has 0 fully saturated rings. The first kappa shape index (κ1) is 37.4. The van der Waals surface area contributed by atoms with E-state index in [1.165, 1.54) is 10.8 Å².